The zero-order chi connectivity index (χ0) is 22.4. The molecule has 0 heterocycles. The molecule has 0 aliphatic carbocycles. The van der Waals surface area contributed by atoms with E-state index in [1.54, 1.807) is 37.4 Å². The lowest BCUT2D eigenvalue weighted by atomic mass is 10.2. The molecule has 0 amide bonds. The first-order valence-corrected chi connectivity index (χ1v) is 12.0. The Labute approximate surface area is 196 Å². The summed E-state index contributed by atoms with van der Waals surface area (Å²) in [6.45, 7) is 4.35. The van der Waals surface area contributed by atoms with Crippen LogP contribution in [0.5, 0.6) is 11.5 Å². The predicted octanol–water partition coefficient (Wildman–Crippen LogP) is 4.81. The number of hydrazone groups is 1. The molecule has 0 spiro atoms. The van der Waals surface area contributed by atoms with Gasteiger partial charge in [0, 0.05) is 0 Å². The van der Waals surface area contributed by atoms with E-state index in [0.29, 0.717) is 23.7 Å². The molecule has 0 fully saturated rings. The number of rotatable bonds is 8. The number of ether oxygens (including phenoxy) is 2. The van der Waals surface area contributed by atoms with Crippen molar-refractivity contribution in [2.24, 2.45) is 5.10 Å². The second kappa shape index (κ2) is 10.1. The fraction of sp³-hybridized carbons (Fsp3) is 0.174. The summed E-state index contributed by atoms with van der Waals surface area (Å²) in [5.41, 5.74) is 3.90. The van der Waals surface area contributed by atoms with E-state index in [2.05, 4.69) is 32.5 Å². The molecule has 0 unspecified atom stereocenters. The van der Waals surface area contributed by atoms with Crippen molar-refractivity contribution in [2.75, 3.05) is 7.11 Å². The van der Waals surface area contributed by atoms with Crippen molar-refractivity contribution in [1.29, 1.82) is 0 Å². The van der Waals surface area contributed by atoms with Crippen molar-refractivity contribution in [1.82, 2.24) is 4.83 Å². The summed E-state index contributed by atoms with van der Waals surface area (Å²) in [7, 11) is -2.17. The van der Waals surface area contributed by atoms with E-state index >= 15 is 0 Å². The van der Waals surface area contributed by atoms with E-state index in [0.717, 1.165) is 14.7 Å². The van der Waals surface area contributed by atoms with E-state index in [4.69, 9.17) is 9.47 Å². The molecule has 0 aromatic heterocycles. The number of methoxy groups -OCH3 is 1. The van der Waals surface area contributed by atoms with Crippen LogP contribution in [0.2, 0.25) is 0 Å². The van der Waals surface area contributed by atoms with Crippen molar-refractivity contribution in [2.45, 2.75) is 25.3 Å². The maximum absolute atomic E-state index is 12.3. The number of benzene rings is 3. The standard InChI is InChI=1S/C23H23IN2O4S/c1-16-4-8-18(9-5-16)15-30-23-21(24)12-19(13-22(23)29-3)14-25-26-31(27,28)20-10-6-17(2)7-11-20/h4-14,26H,15H2,1-3H3/b25-14-. The highest BCUT2D eigenvalue weighted by Gasteiger charge is 2.13. The van der Waals surface area contributed by atoms with Gasteiger partial charge >= 0.3 is 0 Å². The molecule has 31 heavy (non-hydrogen) atoms. The molecule has 0 bridgehead atoms. The molecular formula is C23H23IN2O4S. The molecule has 162 valence electrons. The van der Waals surface area contributed by atoms with E-state index < -0.39 is 10.0 Å². The van der Waals surface area contributed by atoms with Crippen molar-refractivity contribution >= 4 is 38.8 Å². The van der Waals surface area contributed by atoms with Gasteiger partial charge in [0.25, 0.3) is 10.0 Å². The maximum atomic E-state index is 12.3. The molecule has 1 N–H and O–H groups in total. The minimum absolute atomic E-state index is 0.155. The average Bonchev–Trinajstić information content (AvgIpc) is 2.74. The minimum atomic E-state index is -3.73. The largest absolute Gasteiger partial charge is 0.493 e. The molecule has 0 radical (unpaired) electrons. The van der Waals surface area contributed by atoms with Crippen molar-refractivity contribution < 1.29 is 17.9 Å². The Morgan fingerprint density at radius 2 is 1.61 bits per heavy atom. The van der Waals surface area contributed by atoms with Crippen LogP contribution in [0.25, 0.3) is 0 Å². The summed E-state index contributed by atoms with van der Waals surface area (Å²) in [6.07, 6.45) is 1.43. The van der Waals surface area contributed by atoms with Crippen molar-refractivity contribution in [3.05, 3.63) is 86.5 Å². The Kier molecular flexibility index (Phi) is 7.55. The Balaban J connectivity index is 1.72. The predicted molar refractivity (Wildman–Crippen MR) is 130 cm³/mol. The van der Waals surface area contributed by atoms with E-state index in [9.17, 15) is 8.42 Å². The quantitative estimate of drug-likeness (QED) is 0.248. The molecule has 3 aromatic carbocycles. The highest BCUT2D eigenvalue weighted by molar-refractivity contribution is 14.1. The first-order chi connectivity index (χ1) is 14.8. The van der Waals surface area contributed by atoms with Crippen LogP contribution in [0.1, 0.15) is 22.3 Å². The SMILES string of the molecule is COc1cc(/C=N\NS(=O)(=O)c2ccc(C)cc2)cc(I)c1OCc1ccc(C)cc1. The molecule has 0 saturated heterocycles. The van der Waals surface area contributed by atoms with Crippen LogP contribution in [0.3, 0.4) is 0 Å². The second-order valence-corrected chi connectivity index (χ2v) is 9.80. The molecule has 0 aliphatic rings. The Morgan fingerprint density at radius 3 is 2.23 bits per heavy atom. The molecule has 0 saturated carbocycles. The van der Waals surface area contributed by atoms with E-state index in [1.807, 2.05) is 44.2 Å². The Bertz CT molecular complexity index is 1180. The summed E-state index contributed by atoms with van der Waals surface area (Å²) in [4.78, 5) is 2.39. The Hall–Kier alpha value is -2.59. The third-order valence-electron chi connectivity index (χ3n) is 4.47. The van der Waals surface area contributed by atoms with Crippen LogP contribution >= 0.6 is 22.6 Å². The van der Waals surface area contributed by atoms with Crippen LogP contribution in [-0.4, -0.2) is 21.7 Å². The lowest BCUT2D eigenvalue weighted by Gasteiger charge is -2.13. The fourth-order valence-electron chi connectivity index (χ4n) is 2.73. The second-order valence-electron chi connectivity index (χ2n) is 6.97. The minimum Gasteiger partial charge on any atom is -0.493 e. The number of nitrogens with one attached hydrogen (secondary N) is 1. The molecular weight excluding hydrogens is 527 g/mol. The topological polar surface area (TPSA) is 77.0 Å². The summed E-state index contributed by atoms with van der Waals surface area (Å²) in [6, 6.07) is 18.3. The van der Waals surface area contributed by atoms with Crippen molar-refractivity contribution in [3.63, 3.8) is 0 Å². The van der Waals surface area contributed by atoms with Gasteiger partial charge in [-0.15, -0.1) is 0 Å². The van der Waals surface area contributed by atoms with Gasteiger partial charge < -0.3 is 9.47 Å². The third-order valence-corrected chi connectivity index (χ3v) is 6.51. The van der Waals surface area contributed by atoms with Gasteiger partial charge in [0.15, 0.2) is 11.5 Å². The highest BCUT2D eigenvalue weighted by atomic mass is 127. The van der Waals surface area contributed by atoms with Gasteiger partial charge in [0.05, 0.1) is 21.8 Å². The van der Waals surface area contributed by atoms with Crippen molar-refractivity contribution in [3.8, 4) is 11.5 Å². The van der Waals surface area contributed by atoms with Crippen LogP contribution < -0.4 is 14.3 Å². The molecule has 0 aliphatic heterocycles. The zero-order valence-electron chi connectivity index (χ0n) is 17.4. The molecule has 8 heteroatoms. The fourth-order valence-corrected chi connectivity index (χ4v) is 4.31. The number of nitrogens with zero attached hydrogens (tertiary/aromatic N) is 1. The number of hydrogen-bond donors (Lipinski definition) is 1. The Morgan fingerprint density at radius 1 is 1.00 bits per heavy atom. The first kappa shape index (κ1) is 23.1. The number of halogens is 1. The van der Waals surface area contributed by atoms with Crippen LogP contribution in [0.15, 0.2) is 70.7 Å². The molecule has 0 atom stereocenters. The molecule has 3 rings (SSSR count). The van der Waals surface area contributed by atoms with Gasteiger partial charge in [-0.2, -0.15) is 13.5 Å². The normalized spacial score (nSPS) is 11.5. The smallest absolute Gasteiger partial charge is 0.276 e. The molecule has 3 aromatic rings. The number of hydrogen-bond acceptors (Lipinski definition) is 5. The average molecular weight is 550 g/mol. The summed E-state index contributed by atoms with van der Waals surface area (Å²) in [5, 5.41) is 3.90. The lowest BCUT2D eigenvalue weighted by molar-refractivity contribution is 0.282. The number of sulfonamides is 1. The van der Waals surface area contributed by atoms with E-state index in [-0.39, 0.29) is 4.90 Å². The van der Waals surface area contributed by atoms with Gasteiger partial charge in [0.2, 0.25) is 0 Å². The van der Waals surface area contributed by atoms with E-state index in [1.165, 1.54) is 11.8 Å². The van der Waals surface area contributed by atoms with Gasteiger partial charge in [-0.3, -0.25) is 0 Å². The summed E-state index contributed by atoms with van der Waals surface area (Å²) < 4.78 is 37.0. The monoisotopic (exact) mass is 550 g/mol. The summed E-state index contributed by atoms with van der Waals surface area (Å²) >= 11 is 2.16. The zero-order valence-corrected chi connectivity index (χ0v) is 20.4. The van der Waals surface area contributed by atoms with Gasteiger partial charge in [-0.25, -0.2) is 4.83 Å². The first-order valence-electron chi connectivity index (χ1n) is 9.46. The number of aryl methyl sites for hydroxylation is 2. The lowest BCUT2D eigenvalue weighted by Crippen LogP contribution is -2.18. The van der Waals surface area contributed by atoms with Gasteiger partial charge in [-0.1, -0.05) is 47.5 Å². The van der Waals surface area contributed by atoms with Crippen LogP contribution in [0, 0.1) is 17.4 Å². The van der Waals surface area contributed by atoms with Crippen LogP contribution in [0.4, 0.5) is 0 Å². The molecule has 6 nitrogen and oxygen atoms in total. The third kappa shape index (κ3) is 6.20. The van der Waals surface area contributed by atoms with Gasteiger partial charge in [-0.05, 0) is 71.8 Å². The van der Waals surface area contributed by atoms with Crippen LogP contribution in [-0.2, 0) is 16.6 Å². The highest BCUT2D eigenvalue weighted by Crippen LogP contribution is 2.34. The summed E-state index contributed by atoms with van der Waals surface area (Å²) in [5.74, 6) is 1.17. The van der Waals surface area contributed by atoms with Gasteiger partial charge in [0.1, 0.15) is 6.61 Å². The maximum Gasteiger partial charge on any atom is 0.276 e.